The molecule has 40 heavy (non-hydrogen) atoms. The van der Waals surface area contributed by atoms with E-state index in [9.17, 15) is 14.7 Å². The lowest BCUT2D eigenvalue weighted by atomic mass is 9.89. The number of nitrogens with zero attached hydrogens (tertiary/aromatic N) is 4. The first-order chi connectivity index (χ1) is 19.4. The topological polar surface area (TPSA) is 133 Å². The number of nitrogen functional groups attached to an aromatic ring is 1. The molecule has 1 fully saturated rings. The van der Waals surface area contributed by atoms with Crippen molar-refractivity contribution in [2.45, 2.75) is 32.3 Å². The Hall–Kier alpha value is -4.86. The smallest absolute Gasteiger partial charge is 0.407 e. The van der Waals surface area contributed by atoms with Crippen LogP contribution >= 0.6 is 0 Å². The van der Waals surface area contributed by atoms with Gasteiger partial charge in [-0.15, -0.1) is 0 Å². The van der Waals surface area contributed by atoms with Gasteiger partial charge in [0.2, 0.25) is 0 Å². The van der Waals surface area contributed by atoms with E-state index in [0.29, 0.717) is 42.9 Å². The number of amides is 1. The van der Waals surface area contributed by atoms with Gasteiger partial charge in [0.15, 0.2) is 5.82 Å². The fourth-order valence-electron chi connectivity index (χ4n) is 4.85. The molecule has 1 aliphatic rings. The van der Waals surface area contributed by atoms with E-state index < -0.39 is 12.1 Å². The Morgan fingerprint density at radius 2 is 1.77 bits per heavy atom. The van der Waals surface area contributed by atoms with Crippen molar-refractivity contribution in [1.29, 1.82) is 0 Å². The van der Waals surface area contributed by atoms with Gasteiger partial charge in [-0.3, -0.25) is 0 Å². The number of hydrogen-bond acceptors (Lipinski definition) is 7. The Morgan fingerprint density at radius 1 is 1.02 bits per heavy atom. The number of para-hydroxylation sites is 1. The number of hydrogen-bond donors (Lipinski definition) is 2. The van der Waals surface area contributed by atoms with E-state index in [4.69, 9.17) is 20.2 Å². The zero-order valence-corrected chi connectivity index (χ0v) is 22.2. The molecule has 10 nitrogen and oxygen atoms in total. The number of carbonyl (C=O) groups excluding carboxylic acids is 1. The van der Waals surface area contributed by atoms with Crippen molar-refractivity contribution < 1.29 is 24.2 Å². The molecule has 2 aromatic carbocycles. The molecule has 0 spiro atoms. The predicted octanol–water partition coefficient (Wildman–Crippen LogP) is 5.13. The highest BCUT2D eigenvalue weighted by Gasteiger charge is 2.23. The highest BCUT2D eigenvalue weighted by molar-refractivity contribution is 5.94. The maximum absolute atomic E-state index is 12.2. The van der Waals surface area contributed by atoms with Crippen LogP contribution in [0.2, 0.25) is 0 Å². The standard InChI is InChI=1S/C30H31N5O5/c1-2-39-29(36)24-18-32-35(28(24)31)27-9-5-7-25(33-27)23-6-3-4-8-26(23)40-19-20-10-12-21(13-11-20)22-14-16-34(17-15-22)30(37)38/h3-13,18,22H,2,14-17,19,31H2,1H3,(H,37,38). The Balaban J connectivity index is 1.29. The number of benzene rings is 2. The lowest BCUT2D eigenvalue weighted by Gasteiger charge is -2.30. The number of anilines is 1. The number of carbonyl (C=O) groups is 2. The van der Waals surface area contributed by atoms with E-state index in [-0.39, 0.29) is 18.0 Å². The average molecular weight is 542 g/mol. The number of esters is 1. The van der Waals surface area contributed by atoms with Crippen LogP contribution in [0, 0.1) is 0 Å². The third-order valence-corrected chi connectivity index (χ3v) is 7.03. The number of likely N-dealkylation sites (tertiary alicyclic amines) is 1. The highest BCUT2D eigenvalue weighted by Crippen LogP contribution is 2.31. The molecule has 1 saturated heterocycles. The minimum absolute atomic E-state index is 0.156. The van der Waals surface area contributed by atoms with Crippen LogP contribution in [0.4, 0.5) is 10.6 Å². The second kappa shape index (κ2) is 11.9. The maximum atomic E-state index is 12.2. The van der Waals surface area contributed by atoms with E-state index in [0.717, 1.165) is 24.0 Å². The van der Waals surface area contributed by atoms with Crippen LogP contribution in [-0.2, 0) is 11.3 Å². The lowest BCUT2D eigenvalue weighted by Crippen LogP contribution is -2.36. The van der Waals surface area contributed by atoms with Crippen molar-refractivity contribution >= 4 is 17.9 Å². The van der Waals surface area contributed by atoms with Gasteiger partial charge in [0.1, 0.15) is 23.7 Å². The summed E-state index contributed by atoms with van der Waals surface area (Å²) >= 11 is 0. The highest BCUT2D eigenvalue weighted by atomic mass is 16.5. The van der Waals surface area contributed by atoms with E-state index in [1.807, 2.05) is 36.4 Å². The van der Waals surface area contributed by atoms with Crippen LogP contribution < -0.4 is 10.5 Å². The minimum Gasteiger partial charge on any atom is -0.488 e. The van der Waals surface area contributed by atoms with Gasteiger partial charge in [0, 0.05) is 18.7 Å². The molecule has 0 aliphatic carbocycles. The Kier molecular flexibility index (Phi) is 7.95. The Morgan fingerprint density at radius 3 is 2.50 bits per heavy atom. The van der Waals surface area contributed by atoms with Gasteiger partial charge in [0.05, 0.1) is 18.5 Å². The van der Waals surface area contributed by atoms with Crippen LogP contribution in [0.5, 0.6) is 5.75 Å². The molecule has 0 radical (unpaired) electrons. The number of ether oxygens (including phenoxy) is 2. The summed E-state index contributed by atoms with van der Waals surface area (Å²) in [5.74, 6) is 1.13. The normalized spacial score (nSPS) is 13.7. The fraction of sp³-hybridized carbons (Fsp3) is 0.267. The number of aromatic nitrogens is 3. The SMILES string of the molecule is CCOC(=O)c1cnn(-c2cccc(-c3ccccc3OCc3ccc(C4CCN(C(=O)O)CC4)cc3)n2)c1N. The van der Waals surface area contributed by atoms with E-state index in [2.05, 4.69) is 29.4 Å². The van der Waals surface area contributed by atoms with Crippen LogP contribution in [0.15, 0.2) is 72.9 Å². The molecule has 0 atom stereocenters. The molecule has 4 aromatic rings. The molecule has 206 valence electrons. The van der Waals surface area contributed by atoms with E-state index in [1.54, 1.807) is 13.0 Å². The zero-order chi connectivity index (χ0) is 28.1. The van der Waals surface area contributed by atoms with Gasteiger partial charge in [-0.25, -0.2) is 14.6 Å². The molecule has 0 saturated carbocycles. The van der Waals surface area contributed by atoms with E-state index in [1.165, 1.54) is 21.3 Å². The van der Waals surface area contributed by atoms with Crippen LogP contribution in [0.3, 0.4) is 0 Å². The molecule has 3 heterocycles. The van der Waals surface area contributed by atoms with Gasteiger partial charge < -0.3 is 25.2 Å². The first-order valence-corrected chi connectivity index (χ1v) is 13.2. The summed E-state index contributed by atoms with van der Waals surface area (Å²) in [5.41, 5.74) is 10.1. The summed E-state index contributed by atoms with van der Waals surface area (Å²) in [6, 6.07) is 21.5. The monoisotopic (exact) mass is 541 g/mol. The van der Waals surface area contributed by atoms with Crippen molar-refractivity contribution in [3.63, 3.8) is 0 Å². The van der Waals surface area contributed by atoms with Crippen molar-refractivity contribution in [3.05, 3.63) is 89.6 Å². The lowest BCUT2D eigenvalue weighted by molar-refractivity contribution is 0.0527. The molecular weight excluding hydrogens is 510 g/mol. The molecule has 0 unspecified atom stereocenters. The van der Waals surface area contributed by atoms with Gasteiger partial charge in [0.25, 0.3) is 0 Å². The molecule has 3 N–H and O–H groups in total. The molecule has 10 heteroatoms. The summed E-state index contributed by atoms with van der Waals surface area (Å²) in [4.78, 5) is 29.5. The van der Waals surface area contributed by atoms with Crippen LogP contribution in [0.25, 0.3) is 17.1 Å². The van der Waals surface area contributed by atoms with Crippen molar-refractivity contribution in [3.8, 4) is 22.8 Å². The summed E-state index contributed by atoms with van der Waals surface area (Å²) in [7, 11) is 0. The first-order valence-electron chi connectivity index (χ1n) is 13.2. The van der Waals surface area contributed by atoms with Crippen molar-refractivity contribution in [1.82, 2.24) is 19.7 Å². The quantitative estimate of drug-likeness (QED) is 0.293. The number of rotatable bonds is 8. The summed E-state index contributed by atoms with van der Waals surface area (Å²) in [6.45, 7) is 3.48. The van der Waals surface area contributed by atoms with Crippen LogP contribution in [0.1, 0.15) is 47.2 Å². The first kappa shape index (κ1) is 26.7. The van der Waals surface area contributed by atoms with Crippen molar-refractivity contribution in [2.75, 3.05) is 25.4 Å². The van der Waals surface area contributed by atoms with Gasteiger partial charge in [-0.1, -0.05) is 42.5 Å². The maximum Gasteiger partial charge on any atom is 0.407 e. The second-order valence-corrected chi connectivity index (χ2v) is 9.53. The largest absolute Gasteiger partial charge is 0.488 e. The number of carboxylic acid groups (broad SMARTS) is 1. The predicted molar refractivity (Wildman–Crippen MR) is 150 cm³/mol. The average Bonchev–Trinajstić information content (AvgIpc) is 3.38. The molecule has 1 aliphatic heterocycles. The molecular formula is C30H31N5O5. The minimum atomic E-state index is -0.846. The van der Waals surface area contributed by atoms with E-state index >= 15 is 0 Å². The summed E-state index contributed by atoms with van der Waals surface area (Å²) < 4.78 is 12.7. The summed E-state index contributed by atoms with van der Waals surface area (Å²) in [5, 5.41) is 13.4. The van der Waals surface area contributed by atoms with Gasteiger partial charge >= 0.3 is 12.1 Å². The Labute approximate surface area is 232 Å². The fourth-order valence-corrected chi connectivity index (χ4v) is 4.85. The number of nitrogens with two attached hydrogens (primary N) is 1. The van der Waals surface area contributed by atoms with Gasteiger partial charge in [-0.05, 0) is 61.1 Å². The van der Waals surface area contributed by atoms with Crippen LogP contribution in [-0.4, -0.2) is 56.5 Å². The van der Waals surface area contributed by atoms with Gasteiger partial charge in [-0.2, -0.15) is 9.78 Å². The van der Waals surface area contributed by atoms with Crippen molar-refractivity contribution in [2.24, 2.45) is 0 Å². The summed E-state index contributed by atoms with van der Waals surface area (Å²) in [6.07, 6.45) is 2.19. The second-order valence-electron chi connectivity index (χ2n) is 9.53. The number of piperidine rings is 1. The molecule has 1 amide bonds. The third-order valence-electron chi connectivity index (χ3n) is 7.03. The zero-order valence-electron chi connectivity index (χ0n) is 22.2. The molecule has 5 rings (SSSR count). The Bertz CT molecular complexity index is 1490. The number of pyridine rings is 1. The third kappa shape index (κ3) is 5.75. The molecule has 2 aromatic heterocycles. The molecule has 0 bridgehead atoms.